The fourth-order valence-corrected chi connectivity index (χ4v) is 6.95. The summed E-state index contributed by atoms with van der Waals surface area (Å²) >= 11 is 4.01. The molecular formula is C20H20N4O5S4. The topological polar surface area (TPSA) is 123 Å². The van der Waals surface area contributed by atoms with E-state index in [1.54, 1.807) is 41.4 Å². The standard InChI is InChI=1S/C20H20N4O5S4/c1-30-15-2-4-16(5-3-15)33(28,29)23-8-6-13(7-9-23)19(25)22-20-21-17(12-32-20)18-10-14(11-31-18)24(26)27/h2-5,10-13H,6-9H2,1H3,(H,21,22,25). The number of anilines is 1. The molecule has 174 valence electrons. The molecular weight excluding hydrogens is 505 g/mol. The van der Waals surface area contributed by atoms with Crippen LogP contribution in [0.2, 0.25) is 0 Å². The van der Waals surface area contributed by atoms with Crippen LogP contribution in [-0.4, -0.2) is 47.9 Å². The van der Waals surface area contributed by atoms with Crippen molar-refractivity contribution in [2.24, 2.45) is 5.92 Å². The molecule has 1 aliphatic heterocycles. The van der Waals surface area contributed by atoms with Crippen LogP contribution in [0.1, 0.15) is 12.8 Å². The van der Waals surface area contributed by atoms with Gasteiger partial charge in [-0.1, -0.05) is 0 Å². The van der Waals surface area contributed by atoms with Gasteiger partial charge in [0.2, 0.25) is 15.9 Å². The molecule has 2 aromatic heterocycles. The number of thiophene rings is 1. The van der Waals surface area contributed by atoms with Gasteiger partial charge in [-0.15, -0.1) is 34.4 Å². The molecule has 33 heavy (non-hydrogen) atoms. The highest BCUT2D eigenvalue weighted by Crippen LogP contribution is 2.33. The normalized spacial score (nSPS) is 15.4. The lowest BCUT2D eigenvalue weighted by molar-refractivity contribution is -0.384. The Morgan fingerprint density at radius 3 is 2.52 bits per heavy atom. The van der Waals surface area contributed by atoms with E-state index in [9.17, 15) is 23.3 Å². The second kappa shape index (κ2) is 9.89. The molecule has 3 heterocycles. The van der Waals surface area contributed by atoms with Crippen molar-refractivity contribution in [2.45, 2.75) is 22.6 Å². The first-order valence-corrected chi connectivity index (χ1v) is 14.3. The smallest absolute Gasteiger partial charge is 0.280 e. The largest absolute Gasteiger partial charge is 0.302 e. The van der Waals surface area contributed by atoms with Crippen LogP contribution in [0.25, 0.3) is 10.6 Å². The van der Waals surface area contributed by atoms with E-state index in [0.717, 1.165) is 4.90 Å². The van der Waals surface area contributed by atoms with Gasteiger partial charge in [-0.05, 0) is 43.4 Å². The molecule has 0 saturated carbocycles. The molecule has 1 amide bonds. The first kappa shape index (κ1) is 23.8. The minimum Gasteiger partial charge on any atom is -0.302 e. The zero-order valence-electron chi connectivity index (χ0n) is 17.5. The van der Waals surface area contributed by atoms with E-state index in [0.29, 0.717) is 28.5 Å². The summed E-state index contributed by atoms with van der Waals surface area (Å²) in [5.74, 6) is -0.514. The maximum Gasteiger partial charge on any atom is 0.280 e. The van der Waals surface area contributed by atoms with Crippen molar-refractivity contribution in [3.63, 3.8) is 0 Å². The Morgan fingerprint density at radius 1 is 1.21 bits per heavy atom. The first-order chi connectivity index (χ1) is 15.8. The van der Waals surface area contributed by atoms with Gasteiger partial charge < -0.3 is 5.32 Å². The summed E-state index contributed by atoms with van der Waals surface area (Å²) in [6.45, 7) is 0.541. The van der Waals surface area contributed by atoms with Crippen molar-refractivity contribution < 1.29 is 18.1 Å². The van der Waals surface area contributed by atoms with Gasteiger partial charge in [0.05, 0.1) is 25.8 Å². The average molecular weight is 525 g/mol. The highest BCUT2D eigenvalue weighted by Gasteiger charge is 2.32. The van der Waals surface area contributed by atoms with Gasteiger partial charge in [0.25, 0.3) is 5.69 Å². The van der Waals surface area contributed by atoms with E-state index in [-0.39, 0.29) is 35.5 Å². The summed E-state index contributed by atoms with van der Waals surface area (Å²) in [5.41, 5.74) is 0.581. The molecule has 4 rings (SSSR count). The molecule has 0 aliphatic carbocycles. The number of sulfonamides is 1. The molecule has 13 heteroatoms. The van der Waals surface area contributed by atoms with E-state index < -0.39 is 14.9 Å². The number of thiazole rings is 1. The second-order valence-electron chi connectivity index (χ2n) is 7.31. The van der Waals surface area contributed by atoms with E-state index >= 15 is 0 Å². The highest BCUT2D eigenvalue weighted by atomic mass is 32.2. The Kier molecular flexibility index (Phi) is 7.14. The third-order valence-corrected chi connectivity index (χ3v) is 9.66. The van der Waals surface area contributed by atoms with Gasteiger partial charge in [-0.25, -0.2) is 13.4 Å². The van der Waals surface area contributed by atoms with Crippen LogP contribution in [0.3, 0.4) is 0 Å². The lowest BCUT2D eigenvalue weighted by atomic mass is 9.97. The number of nitrogens with one attached hydrogen (secondary N) is 1. The fraction of sp³-hybridized carbons (Fsp3) is 0.300. The molecule has 1 aliphatic rings. The van der Waals surface area contributed by atoms with E-state index in [2.05, 4.69) is 10.3 Å². The van der Waals surface area contributed by atoms with Crippen LogP contribution >= 0.6 is 34.4 Å². The molecule has 0 unspecified atom stereocenters. The number of thioether (sulfide) groups is 1. The van der Waals surface area contributed by atoms with Crippen molar-refractivity contribution in [2.75, 3.05) is 24.7 Å². The number of hydrogen-bond acceptors (Lipinski definition) is 9. The molecule has 0 spiro atoms. The first-order valence-electron chi connectivity index (χ1n) is 9.92. The zero-order chi connectivity index (χ0) is 23.6. The summed E-state index contributed by atoms with van der Waals surface area (Å²) in [5, 5.41) is 17.3. The Labute approximate surface area is 203 Å². The van der Waals surface area contributed by atoms with Crippen LogP contribution in [0, 0.1) is 16.0 Å². The predicted octanol–water partition coefficient (Wildman–Crippen LogP) is 4.54. The average Bonchev–Trinajstić information content (AvgIpc) is 3.49. The molecule has 0 atom stereocenters. The monoisotopic (exact) mass is 524 g/mol. The second-order valence-corrected chi connectivity index (χ2v) is 11.9. The number of nitrogens with zero attached hydrogens (tertiary/aromatic N) is 3. The molecule has 0 bridgehead atoms. The highest BCUT2D eigenvalue weighted by molar-refractivity contribution is 7.98. The number of amides is 1. The van der Waals surface area contributed by atoms with Crippen LogP contribution in [-0.2, 0) is 14.8 Å². The van der Waals surface area contributed by atoms with Crippen LogP contribution in [0.15, 0.2) is 50.9 Å². The van der Waals surface area contributed by atoms with Crippen molar-refractivity contribution >= 4 is 61.2 Å². The zero-order valence-corrected chi connectivity index (χ0v) is 20.7. The van der Waals surface area contributed by atoms with Gasteiger partial charge >= 0.3 is 0 Å². The summed E-state index contributed by atoms with van der Waals surface area (Å²) in [7, 11) is -3.59. The van der Waals surface area contributed by atoms with E-state index in [1.807, 2.05) is 6.26 Å². The van der Waals surface area contributed by atoms with Crippen molar-refractivity contribution in [1.29, 1.82) is 0 Å². The number of carbonyl (C=O) groups is 1. The fourth-order valence-electron chi connectivity index (χ4n) is 3.46. The Bertz CT molecular complexity index is 1260. The predicted molar refractivity (Wildman–Crippen MR) is 130 cm³/mol. The Morgan fingerprint density at radius 2 is 1.91 bits per heavy atom. The molecule has 1 saturated heterocycles. The van der Waals surface area contributed by atoms with Crippen molar-refractivity contribution in [3.8, 4) is 10.6 Å². The van der Waals surface area contributed by atoms with Gasteiger partial charge in [0.15, 0.2) is 5.13 Å². The van der Waals surface area contributed by atoms with Gasteiger partial charge in [0.1, 0.15) is 0 Å². The molecule has 0 radical (unpaired) electrons. The third kappa shape index (κ3) is 5.27. The molecule has 1 aromatic carbocycles. The number of aromatic nitrogens is 1. The molecule has 1 fully saturated rings. The van der Waals surface area contributed by atoms with Crippen molar-refractivity contribution in [1.82, 2.24) is 9.29 Å². The minimum atomic E-state index is -3.59. The van der Waals surface area contributed by atoms with Gasteiger partial charge in [-0.3, -0.25) is 14.9 Å². The maximum absolute atomic E-state index is 12.9. The molecule has 3 aromatic rings. The number of rotatable bonds is 7. The number of benzene rings is 1. The van der Waals surface area contributed by atoms with Crippen molar-refractivity contribution in [3.05, 3.63) is 51.2 Å². The van der Waals surface area contributed by atoms with Gasteiger partial charge in [-0.2, -0.15) is 4.31 Å². The SMILES string of the molecule is CSc1ccc(S(=O)(=O)N2CCC(C(=O)Nc3nc(-c4cc([N+](=O)[O-])cs4)cs3)CC2)cc1. The van der Waals surface area contributed by atoms with Crippen LogP contribution in [0.4, 0.5) is 10.8 Å². The number of nitro groups is 1. The number of carbonyl (C=O) groups excluding carboxylic acids is 1. The Balaban J connectivity index is 1.35. The summed E-state index contributed by atoms with van der Waals surface area (Å²) in [4.78, 5) is 29.4. The molecule has 1 N–H and O–H groups in total. The summed E-state index contributed by atoms with van der Waals surface area (Å²) in [6, 6.07) is 8.25. The quantitative estimate of drug-likeness (QED) is 0.273. The number of piperidine rings is 1. The number of hydrogen-bond donors (Lipinski definition) is 1. The minimum absolute atomic E-state index is 0.00972. The maximum atomic E-state index is 12.9. The summed E-state index contributed by atoms with van der Waals surface area (Å²) < 4.78 is 27.2. The molecule has 9 nitrogen and oxygen atoms in total. The third-order valence-electron chi connectivity index (χ3n) is 5.31. The van der Waals surface area contributed by atoms with E-state index in [1.165, 1.54) is 38.4 Å². The van der Waals surface area contributed by atoms with Crippen LogP contribution < -0.4 is 5.32 Å². The van der Waals surface area contributed by atoms with Crippen LogP contribution in [0.5, 0.6) is 0 Å². The lowest BCUT2D eigenvalue weighted by Crippen LogP contribution is -2.41. The van der Waals surface area contributed by atoms with E-state index in [4.69, 9.17) is 0 Å². The van der Waals surface area contributed by atoms with Gasteiger partial charge in [0, 0.05) is 35.3 Å². The summed E-state index contributed by atoms with van der Waals surface area (Å²) in [6.07, 6.45) is 2.77. The lowest BCUT2D eigenvalue weighted by Gasteiger charge is -2.30. The Hall–Kier alpha value is -2.32.